The average molecular weight is 260 g/mol. The minimum absolute atomic E-state index is 0.0949. The van der Waals surface area contributed by atoms with Crippen molar-refractivity contribution in [2.45, 2.75) is 51.2 Å². The number of hydrogen-bond acceptors (Lipinski definition) is 3. The molecule has 0 aromatic heterocycles. The Labute approximate surface area is 113 Å². The number of carbonyl (C=O) groups excluding carboxylic acids is 1. The Morgan fingerprint density at radius 2 is 2.05 bits per heavy atom. The molecule has 0 bridgehead atoms. The molecule has 1 unspecified atom stereocenters. The normalized spacial score (nSPS) is 27.9. The maximum Gasteiger partial charge on any atom is 0.194 e. The molecule has 1 aromatic carbocycles. The van der Waals surface area contributed by atoms with Crippen molar-refractivity contribution in [2.24, 2.45) is 0 Å². The first kappa shape index (κ1) is 12.7. The van der Waals surface area contributed by atoms with Crippen LogP contribution in [0.2, 0.25) is 0 Å². The van der Waals surface area contributed by atoms with Crippen molar-refractivity contribution in [3.63, 3.8) is 0 Å². The minimum Gasteiger partial charge on any atom is -0.487 e. The second kappa shape index (κ2) is 4.07. The fraction of sp³-hybridized carbons (Fsp3) is 0.562. The maximum atomic E-state index is 12.6. The van der Waals surface area contributed by atoms with Crippen LogP contribution in [-0.4, -0.2) is 23.6 Å². The van der Waals surface area contributed by atoms with Crippen molar-refractivity contribution >= 4 is 5.78 Å². The molecule has 0 radical (unpaired) electrons. The first-order valence-corrected chi connectivity index (χ1v) is 6.90. The van der Waals surface area contributed by atoms with Gasteiger partial charge < -0.3 is 9.47 Å². The molecule has 0 N–H and O–H groups in total. The summed E-state index contributed by atoms with van der Waals surface area (Å²) in [4.78, 5) is 12.6. The fourth-order valence-corrected chi connectivity index (χ4v) is 3.01. The van der Waals surface area contributed by atoms with Crippen LogP contribution in [0.3, 0.4) is 0 Å². The number of ether oxygens (including phenoxy) is 2. The highest BCUT2D eigenvalue weighted by atomic mass is 16.5. The molecule has 3 rings (SSSR count). The van der Waals surface area contributed by atoms with E-state index in [1.807, 2.05) is 25.1 Å². The summed E-state index contributed by atoms with van der Waals surface area (Å²) in [5, 5.41) is 0. The van der Waals surface area contributed by atoms with Crippen LogP contribution in [-0.2, 0) is 11.2 Å². The monoisotopic (exact) mass is 260 g/mol. The van der Waals surface area contributed by atoms with E-state index in [2.05, 4.69) is 13.8 Å². The molecule has 3 nitrogen and oxygen atoms in total. The summed E-state index contributed by atoms with van der Waals surface area (Å²) in [6.07, 6.45) is 2.62. The molecule has 2 aliphatic rings. The lowest BCUT2D eigenvalue weighted by Crippen LogP contribution is -2.34. The number of rotatable bonds is 2. The molecule has 2 aliphatic heterocycles. The predicted molar refractivity (Wildman–Crippen MR) is 72.8 cm³/mol. The molecular formula is C16H20O3. The van der Waals surface area contributed by atoms with Crippen LogP contribution in [0, 0.1) is 0 Å². The largest absolute Gasteiger partial charge is 0.487 e. The summed E-state index contributed by atoms with van der Waals surface area (Å²) in [6, 6.07) is 5.74. The van der Waals surface area contributed by atoms with Gasteiger partial charge >= 0.3 is 0 Å². The zero-order valence-corrected chi connectivity index (χ0v) is 11.8. The van der Waals surface area contributed by atoms with Crippen LogP contribution in [0.25, 0.3) is 0 Å². The first-order chi connectivity index (χ1) is 8.90. The van der Waals surface area contributed by atoms with Crippen LogP contribution < -0.4 is 4.74 Å². The zero-order valence-electron chi connectivity index (χ0n) is 11.8. The highest BCUT2D eigenvalue weighted by Gasteiger charge is 2.39. The van der Waals surface area contributed by atoms with Crippen molar-refractivity contribution in [3.05, 3.63) is 29.3 Å². The summed E-state index contributed by atoms with van der Waals surface area (Å²) in [6.45, 7) is 6.71. The van der Waals surface area contributed by atoms with Crippen molar-refractivity contribution in [1.29, 1.82) is 0 Å². The smallest absolute Gasteiger partial charge is 0.194 e. The standard InChI is InChI=1S/C16H20O3/c1-15(2)10-12-9-11(5-6-13(12)19-15)14(17)16(3)7-4-8-18-16/h5-6,9H,4,7-8,10H2,1-3H3. The Bertz CT molecular complexity index is 525. The average Bonchev–Trinajstić information content (AvgIpc) is 2.90. The Morgan fingerprint density at radius 1 is 1.26 bits per heavy atom. The van der Waals surface area contributed by atoms with E-state index in [0.717, 1.165) is 36.1 Å². The van der Waals surface area contributed by atoms with Gasteiger partial charge in [0.05, 0.1) is 0 Å². The van der Waals surface area contributed by atoms with Crippen molar-refractivity contribution < 1.29 is 14.3 Å². The third kappa shape index (κ3) is 2.16. The summed E-state index contributed by atoms with van der Waals surface area (Å²) < 4.78 is 11.5. The molecule has 1 fully saturated rings. The van der Waals surface area contributed by atoms with Gasteiger partial charge in [-0.05, 0) is 57.4 Å². The highest BCUT2D eigenvalue weighted by Crippen LogP contribution is 2.37. The lowest BCUT2D eigenvalue weighted by molar-refractivity contribution is 0.0213. The number of fused-ring (bicyclic) bond motifs is 1. The molecule has 0 aliphatic carbocycles. The van der Waals surface area contributed by atoms with Gasteiger partial charge in [0, 0.05) is 18.6 Å². The van der Waals surface area contributed by atoms with E-state index in [-0.39, 0.29) is 11.4 Å². The molecule has 0 amide bonds. The third-order valence-corrected chi connectivity index (χ3v) is 4.02. The van der Waals surface area contributed by atoms with Crippen molar-refractivity contribution in [3.8, 4) is 5.75 Å². The summed E-state index contributed by atoms with van der Waals surface area (Å²) in [7, 11) is 0. The third-order valence-electron chi connectivity index (χ3n) is 4.02. The van der Waals surface area contributed by atoms with Crippen LogP contribution in [0.1, 0.15) is 49.5 Å². The number of carbonyl (C=O) groups is 1. The number of benzene rings is 1. The highest BCUT2D eigenvalue weighted by molar-refractivity contribution is 6.02. The Hall–Kier alpha value is -1.35. The number of ketones is 1. The van der Waals surface area contributed by atoms with E-state index in [4.69, 9.17) is 9.47 Å². The predicted octanol–water partition coefficient (Wildman–Crippen LogP) is 3.15. The fourth-order valence-electron chi connectivity index (χ4n) is 3.01. The van der Waals surface area contributed by atoms with Gasteiger partial charge in [0.25, 0.3) is 0 Å². The maximum absolute atomic E-state index is 12.6. The van der Waals surface area contributed by atoms with Gasteiger partial charge in [-0.15, -0.1) is 0 Å². The van der Waals surface area contributed by atoms with Gasteiger partial charge in [-0.3, -0.25) is 4.79 Å². The van der Waals surface area contributed by atoms with Crippen LogP contribution >= 0.6 is 0 Å². The molecule has 1 aromatic rings. The minimum atomic E-state index is -0.636. The zero-order chi connectivity index (χ0) is 13.7. The van der Waals surface area contributed by atoms with Gasteiger partial charge in [0.2, 0.25) is 0 Å². The summed E-state index contributed by atoms with van der Waals surface area (Å²) in [5.41, 5.74) is 1.06. The Balaban J connectivity index is 1.90. The first-order valence-electron chi connectivity index (χ1n) is 6.90. The molecular weight excluding hydrogens is 240 g/mol. The molecule has 1 atom stereocenters. The van der Waals surface area contributed by atoms with Crippen molar-refractivity contribution in [2.75, 3.05) is 6.61 Å². The Kier molecular flexibility index (Phi) is 2.72. The lowest BCUT2D eigenvalue weighted by Gasteiger charge is -2.21. The summed E-state index contributed by atoms with van der Waals surface area (Å²) >= 11 is 0. The topological polar surface area (TPSA) is 35.5 Å². The Morgan fingerprint density at radius 3 is 2.74 bits per heavy atom. The molecule has 0 spiro atoms. The second-order valence-corrected chi connectivity index (χ2v) is 6.37. The van der Waals surface area contributed by atoms with E-state index >= 15 is 0 Å². The van der Waals surface area contributed by atoms with E-state index in [1.54, 1.807) is 0 Å². The van der Waals surface area contributed by atoms with E-state index in [9.17, 15) is 4.79 Å². The molecule has 0 saturated carbocycles. The number of Topliss-reactive ketones (excluding diaryl/α,β-unsaturated/α-hetero) is 1. The molecule has 2 heterocycles. The second-order valence-electron chi connectivity index (χ2n) is 6.37. The van der Waals surface area contributed by atoms with Gasteiger partial charge in [-0.1, -0.05) is 0 Å². The molecule has 19 heavy (non-hydrogen) atoms. The van der Waals surface area contributed by atoms with Gasteiger partial charge in [0.1, 0.15) is 17.0 Å². The summed E-state index contributed by atoms with van der Waals surface area (Å²) in [5.74, 6) is 0.997. The van der Waals surface area contributed by atoms with E-state index in [1.165, 1.54) is 0 Å². The van der Waals surface area contributed by atoms with Crippen molar-refractivity contribution in [1.82, 2.24) is 0 Å². The molecule has 102 valence electrons. The molecule has 1 saturated heterocycles. The molecule has 3 heteroatoms. The van der Waals surface area contributed by atoms with Gasteiger partial charge in [-0.2, -0.15) is 0 Å². The van der Waals surface area contributed by atoms with Crippen LogP contribution in [0.4, 0.5) is 0 Å². The van der Waals surface area contributed by atoms with E-state index < -0.39 is 5.60 Å². The number of hydrogen-bond donors (Lipinski definition) is 0. The van der Waals surface area contributed by atoms with Gasteiger partial charge in [-0.25, -0.2) is 0 Å². The SMILES string of the molecule is CC1(C)Cc2cc(C(=O)C3(C)CCCO3)ccc2O1. The van der Waals surface area contributed by atoms with E-state index in [0.29, 0.717) is 6.61 Å². The van der Waals surface area contributed by atoms with Crippen LogP contribution in [0.15, 0.2) is 18.2 Å². The van der Waals surface area contributed by atoms with Crippen LogP contribution in [0.5, 0.6) is 5.75 Å². The van der Waals surface area contributed by atoms with Gasteiger partial charge in [0.15, 0.2) is 5.78 Å². The quantitative estimate of drug-likeness (QED) is 0.766. The lowest BCUT2D eigenvalue weighted by atomic mass is 9.90.